The van der Waals surface area contributed by atoms with Gasteiger partial charge in [-0.3, -0.25) is 0 Å². The molecule has 7 nitrogen and oxygen atoms in total. The molecular formula is C38H41NO6Si. The van der Waals surface area contributed by atoms with Crippen LogP contribution in [0.25, 0.3) is 32.3 Å². The van der Waals surface area contributed by atoms with Crippen molar-refractivity contribution in [3.8, 4) is 11.5 Å². The fourth-order valence-corrected chi connectivity index (χ4v) is 7.26. The first kappa shape index (κ1) is 31.9. The summed E-state index contributed by atoms with van der Waals surface area (Å²) in [6.45, 7) is 4.08. The average molecular weight is 636 g/mol. The van der Waals surface area contributed by atoms with Gasteiger partial charge in [-0.25, -0.2) is 0 Å². The number of nitrogens with zero attached hydrogens (tertiary/aromatic N) is 1. The Morgan fingerprint density at radius 3 is 1.59 bits per heavy atom. The van der Waals surface area contributed by atoms with Crippen LogP contribution in [-0.4, -0.2) is 68.6 Å². The molecule has 6 aromatic rings. The number of methoxy groups -OCH3 is 2. The molecule has 6 rings (SSSR count). The molecule has 0 atom stereocenters. The number of benzene rings is 6. The second kappa shape index (κ2) is 13.4. The first-order chi connectivity index (χ1) is 22.3. The van der Waals surface area contributed by atoms with E-state index in [1.807, 2.05) is 24.3 Å². The molecule has 0 radical (unpaired) electrons. The van der Waals surface area contributed by atoms with Crippen molar-refractivity contribution in [1.29, 1.82) is 0 Å². The molecule has 0 unspecified atom stereocenters. The smallest absolute Gasteiger partial charge is 0.494 e. The molecule has 0 aliphatic rings. The zero-order chi connectivity index (χ0) is 32.3. The molecule has 8 heteroatoms. The van der Waals surface area contributed by atoms with E-state index < -0.39 is 14.4 Å². The Bertz CT molecular complexity index is 1790. The van der Waals surface area contributed by atoms with E-state index in [4.69, 9.17) is 14.2 Å². The highest BCUT2D eigenvalue weighted by Gasteiger charge is 2.39. The Balaban J connectivity index is 1.53. The van der Waals surface area contributed by atoms with Gasteiger partial charge in [0.1, 0.15) is 17.1 Å². The second-order valence-corrected chi connectivity index (χ2v) is 13.9. The van der Waals surface area contributed by atoms with Crippen molar-refractivity contribution < 1.29 is 28.6 Å². The molecule has 0 bridgehead atoms. The third-order valence-electron chi connectivity index (χ3n) is 8.89. The number of ether oxygens (including phenoxy) is 3. The topological polar surface area (TPSA) is 91.6 Å². The summed E-state index contributed by atoms with van der Waals surface area (Å²) in [5.41, 5.74) is 1.87. The Labute approximate surface area is 270 Å². The van der Waals surface area contributed by atoms with Gasteiger partial charge in [-0.05, 0) is 98.4 Å². The van der Waals surface area contributed by atoms with Gasteiger partial charge >= 0.3 is 8.80 Å². The fraction of sp³-hybridized carbons (Fsp3) is 0.263. The monoisotopic (exact) mass is 635 g/mol. The number of hydrogen-bond donors (Lipinski definition) is 3. The van der Waals surface area contributed by atoms with Crippen LogP contribution in [0.1, 0.15) is 30.0 Å². The highest BCUT2D eigenvalue weighted by molar-refractivity contribution is 6.56. The van der Waals surface area contributed by atoms with E-state index in [1.54, 1.807) is 14.2 Å². The molecule has 0 spiro atoms. The molecule has 46 heavy (non-hydrogen) atoms. The van der Waals surface area contributed by atoms with Gasteiger partial charge in [0, 0.05) is 19.1 Å². The van der Waals surface area contributed by atoms with Gasteiger partial charge in [-0.2, -0.15) is 0 Å². The van der Waals surface area contributed by atoms with E-state index in [9.17, 15) is 14.4 Å². The van der Waals surface area contributed by atoms with Crippen molar-refractivity contribution in [3.05, 3.63) is 120 Å². The molecule has 0 amide bonds. The first-order valence-corrected chi connectivity index (χ1v) is 17.8. The van der Waals surface area contributed by atoms with Crippen LogP contribution in [0.15, 0.2) is 103 Å². The van der Waals surface area contributed by atoms with Crippen LogP contribution in [0, 0.1) is 0 Å². The van der Waals surface area contributed by atoms with Crippen LogP contribution in [0.5, 0.6) is 11.5 Å². The summed E-state index contributed by atoms with van der Waals surface area (Å²) in [5, 5.41) is 7.19. The Kier molecular flexibility index (Phi) is 9.29. The van der Waals surface area contributed by atoms with Crippen LogP contribution in [0.2, 0.25) is 6.04 Å². The minimum atomic E-state index is -4.17. The minimum absolute atomic E-state index is 0.0502. The lowest BCUT2D eigenvalue weighted by Crippen LogP contribution is -2.41. The van der Waals surface area contributed by atoms with E-state index in [0.29, 0.717) is 19.7 Å². The molecule has 6 aromatic carbocycles. The molecule has 0 aliphatic carbocycles. The van der Waals surface area contributed by atoms with Gasteiger partial charge in [0.05, 0.1) is 20.8 Å². The van der Waals surface area contributed by atoms with Crippen molar-refractivity contribution in [1.82, 2.24) is 4.90 Å². The van der Waals surface area contributed by atoms with Crippen LogP contribution in [-0.2, 0) is 10.3 Å². The quantitative estimate of drug-likeness (QED) is 0.0712. The molecule has 0 aliphatic heterocycles. The lowest BCUT2D eigenvalue weighted by Gasteiger charge is -2.37. The largest absolute Gasteiger partial charge is 0.497 e. The Morgan fingerprint density at radius 1 is 0.609 bits per heavy atom. The summed E-state index contributed by atoms with van der Waals surface area (Å²) >= 11 is 0. The maximum absolute atomic E-state index is 9.69. The highest BCUT2D eigenvalue weighted by Crippen LogP contribution is 2.45. The van der Waals surface area contributed by atoms with Crippen LogP contribution in [0.3, 0.4) is 0 Å². The molecule has 238 valence electrons. The van der Waals surface area contributed by atoms with Gasteiger partial charge in [-0.15, -0.1) is 0 Å². The van der Waals surface area contributed by atoms with Gasteiger partial charge in [-0.1, -0.05) is 73.7 Å². The van der Waals surface area contributed by atoms with Crippen molar-refractivity contribution in [2.24, 2.45) is 0 Å². The number of hydrogen-bond acceptors (Lipinski definition) is 7. The van der Waals surface area contributed by atoms with Crippen LogP contribution in [0.4, 0.5) is 0 Å². The molecule has 0 aromatic heterocycles. The zero-order valence-corrected chi connectivity index (χ0v) is 27.6. The fourth-order valence-electron chi connectivity index (χ4n) is 6.65. The summed E-state index contributed by atoms with van der Waals surface area (Å²) in [7, 11) is -0.847. The van der Waals surface area contributed by atoms with Gasteiger partial charge in [0.25, 0.3) is 0 Å². The molecular weight excluding hydrogens is 595 g/mol. The maximum Gasteiger partial charge on any atom is 0.494 e. The summed E-state index contributed by atoms with van der Waals surface area (Å²) in [6.07, 6.45) is 0.884. The maximum atomic E-state index is 9.69. The van der Waals surface area contributed by atoms with Crippen molar-refractivity contribution >= 4 is 41.1 Å². The van der Waals surface area contributed by atoms with Gasteiger partial charge < -0.3 is 33.5 Å². The zero-order valence-electron chi connectivity index (χ0n) is 26.6. The van der Waals surface area contributed by atoms with Crippen molar-refractivity contribution in [2.45, 2.75) is 25.0 Å². The van der Waals surface area contributed by atoms with Gasteiger partial charge in [0.15, 0.2) is 0 Å². The molecule has 0 fully saturated rings. The van der Waals surface area contributed by atoms with E-state index in [1.165, 1.54) is 21.5 Å². The molecule has 0 heterocycles. The lowest BCUT2D eigenvalue weighted by atomic mass is 9.78. The summed E-state index contributed by atoms with van der Waals surface area (Å²) < 4.78 is 18.2. The average Bonchev–Trinajstić information content (AvgIpc) is 3.07. The number of rotatable bonds is 14. The second-order valence-electron chi connectivity index (χ2n) is 11.9. The molecule has 0 saturated carbocycles. The predicted molar refractivity (Wildman–Crippen MR) is 186 cm³/mol. The van der Waals surface area contributed by atoms with Crippen LogP contribution < -0.4 is 9.47 Å². The third kappa shape index (κ3) is 6.33. The van der Waals surface area contributed by atoms with E-state index in [2.05, 4.69) is 90.7 Å². The van der Waals surface area contributed by atoms with E-state index >= 15 is 0 Å². The van der Waals surface area contributed by atoms with Crippen LogP contribution >= 0.6 is 0 Å². The standard InChI is InChI=1S/C38H41NO6Si/c1-4-20-39(22-24-46(40,41)42)21-23-45-38(31-12-16-34(43-2)17-13-31,32-14-18-35(44-3)19-15-32)33-25-29-10-8-27-6-5-7-28-9-11-30(26-33)37(29)36(27)28/h5-19,25-26,40-42H,4,20-24H2,1-3H3. The summed E-state index contributed by atoms with van der Waals surface area (Å²) in [5.74, 6) is 1.50. The van der Waals surface area contributed by atoms with Crippen molar-refractivity contribution in [2.75, 3.05) is 40.5 Å². The minimum Gasteiger partial charge on any atom is -0.497 e. The lowest BCUT2D eigenvalue weighted by molar-refractivity contribution is 0.00123. The van der Waals surface area contributed by atoms with E-state index in [0.717, 1.165) is 51.9 Å². The normalized spacial score (nSPS) is 12.5. The van der Waals surface area contributed by atoms with E-state index in [-0.39, 0.29) is 6.04 Å². The highest BCUT2D eigenvalue weighted by atomic mass is 28.4. The Morgan fingerprint density at radius 2 is 1.11 bits per heavy atom. The SMILES string of the molecule is CCCN(CCOC(c1ccc(OC)cc1)(c1ccc(OC)cc1)c1cc2ccc3cccc4ccc(c1)c2c34)CC[Si](O)(O)O. The Hall–Kier alpha value is -4.02. The first-order valence-electron chi connectivity index (χ1n) is 15.8. The molecule has 0 saturated heterocycles. The predicted octanol–water partition coefficient (Wildman–Crippen LogP) is 6.54. The third-order valence-corrected chi connectivity index (χ3v) is 9.79. The summed E-state index contributed by atoms with van der Waals surface area (Å²) in [4.78, 5) is 31.2. The molecule has 3 N–H and O–H groups in total. The summed E-state index contributed by atoms with van der Waals surface area (Å²) in [6, 6.07) is 35.7. The van der Waals surface area contributed by atoms with Crippen molar-refractivity contribution in [3.63, 3.8) is 0 Å². The van der Waals surface area contributed by atoms with Gasteiger partial charge in [0.2, 0.25) is 0 Å².